The molecule has 4 rings (SSSR count). The molecule has 118 valence electrons. The maximum Gasteiger partial charge on any atom is 0.276 e. The van der Waals surface area contributed by atoms with Crippen molar-refractivity contribution in [3.63, 3.8) is 0 Å². The standard InChI is InChI=1S/C18H12ClN3OS/c1-11-4-2-3-5-14(11)16-20-21-18-22(16)17(23)15(24-18)10-12-6-8-13(19)9-7-12/h2-10H,1H3/b15-10+. The molecule has 0 saturated carbocycles. The molecule has 2 aromatic heterocycles. The van der Waals surface area contributed by atoms with E-state index in [-0.39, 0.29) is 5.56 Å². The first-order valence-corrected chi connectivity index (χ1v) is 8.54. The summed E-state index contributed by atoms with van der Waals surface area (Å²) in [6.07, 6.45) is 1.85. The zero-order valence-corrected chi connectivity index (χ0v) is 14.3. The molecule has 0 spiro atoms. The molecular weight excluding hydrogens is 342 g/mol. The number of halogens is 1. The first-order chi connectivity index (χ1) is 11.6. The number of hydrogen-bond acceptors (Lipinski definition) is 4. The number of fused-ring (bicyclic) bond motifs is 1. The van der Waals surface area contributed by atoms with Crippen LogP contribution in [0.1, 0.15) is 11.1 Å². The lowest BCUT2D eigenvalue weighted by atomic mass is 10.1. The fourth-order valence-corrected chi connectivity index (χ4v) is 3.61. The van der Waals surface area contributed by atoms with Gasteiger partial charge >= 0.3 is 0 Å². The van der Waals surface area contributed by atoms with Gasteiger partial charge in [0.05, 0.1) is 4.53 Å². The van der Waals surface area contributed by atoms with E-state index in [9.17, 15) is 4.79 Å². The Kier molecular flexibility index (Phi) is 3.67. The topological polar surface area (TPSA) is 47.3 Å². The summed E-state index contributed by atoms with van der Waals surface area (Å²) in [6, 6.07) is 15.2. The fourth-order valence-electron chi connectivity index (χ4n) is 2.57. The lowest BCUT2D eigenvalue weighted by Crippen LogP contribution is -2.23. The van der Waals surface area contributed by atoms with Crippen molar-refractivity contribution in [2.24, 2.45) is 0 Å². The van der Waals surface area contributed by atoms with Crippen LogP contribution in [0.5, 0.6) is 0 Å². The molecular formula is C18H12ClN3OS. The molecule has 2 aromatic carbocycles. The summed E-state index contributed by atoms with van der Waals surface area (Å²) in [4.78, 5) is 13.4. The number of benzene rings is 2. The zero-order chi connectivity index (χ0) is 16.7. The van der Waals surface area contributed by atoms with Gasteiger partial charge < -0.3 is 0 Å². The van der Waals surface area contributed by atoms with E-state index in [0.717, 1.165) is 16.7 Å². The normalized spacial score (nSPS) is 12.2. The van der Waals surface area contributed by atoms with Gasteiger partial charge in [-0.2, -0.15) is 0 Å². The molecule has 4 aromatic rings. The molecule has 0 aliphatic heterocycles. The summed E-state index contributed by atoms with van der Waals surface area (Å²) in [7, 11) is 0. The minimum Gasteiger partial charge on any atom is -0.267 e. The highest BCUT2D eigenvalue weighted by atomic mass is 35.5. The van der Waals surface area contributed by atoms with Crippen LogP contribution in [0.15, 0.2) is 53.3 Å². The van der Waals surface area contributed by atoms with Gasteiger partial charge in [0.2, 0.25) is 4.96 Å². The lowest BCUT2D eigenvalue weighted by molar-refractivity contribution is 1.09. The molecule has 4 nitrogen and oxygen atoms in total. The van der Waals surface area contributed by atoms with Crippen LogP contribution in [0.25, 0.3) is 22.4 Å². The van der Waals surface area contributed by atoms with E-state index in [2.05, 4.69) is 10.2 Å². The van der Waals surface area contributed by atoms with Gasteiger partial charge in [0.25, 0.3) is 5.56 Å². The third-order valence-corrected chi connectivity index (χ3v) is 5.01. The largest absolute Gasteiger partial charge is 0.276 e. The van der Waals surface area contributed by atoms with Crippen LogP contribution in [-0.2, 0) is 0 Å². The van der Waals surface area contributed by atoms with E-state index in [0.29, 0.717) is 20.3 Å². The minimum absolute atomic E-state index is 0.104. The second-order valence-corrected chi connectivity index (χ2v) is 6.87. The molecule has 24 heavy (non-hydrogen) atoms. The van der Waals surface area contributed by atoms with Crippen molar-refractivity contribution in [1.82, 2.24) is 14.6 Å². The average Bonchev–Trinajstić information content (AvgIpc) is 3.11. The summed E-state index contributed by atoms with van der Waals surface area (Å²) in [5.41, 5.74) is 2.79. The summed E-state index contributed by atoms with van der Waals surface area (Å²) in [5, 5.41) is 9.03. The van der Waals surface area contributed by atoms with Crippen molar-refractivity contribution in [3.8, 4) is 11.4 Å². The van der Waals surface area contributed by atoms with Crippen molar-refractivity contribution >= 4 is 34.0 Å². The van der Waals surface area contributed by atoms with Crippen LogP contribution in [0.3, 0.4) is 0 Å². The van der Waals surface area contributed by atoms with Gasteiger partial charge in [0.15, 0.2) is 5.82 Å². The molecule has 2 heterocycles. The van der Waals surface area contributed by atoms with Crippen LogP contribution >= 0.6 is 22.9 Å². The number of nitrogens with zero attached hydrogens (tertiary/aromatic N) is 3. The minimum atomic E-state index is -0.104. The van der Waals surface area contributed by atoms with Crippen molar-refractivity contribution in [1.29, 1.82) is 0 Å². The summed E-state index contributed by atoms with van der Waals surface area (Å²) in [6.45, 7) is 1.99. The van der Waals surface area contributed by atoms with E-state index in [4.69, 9.17) is 11.6 Å². The molecule has 0 aliphatic rings. The molecule has 0 unspecified atom stereocenters. The maximum absolute atomic E-state index is 12.8. The van der Waals surface area contributed by atoms with E-state index in [1.165, 1.54) is 11.3 Å². The summed E-state index contributed by atoms with van der Waals surface area (Å²) in [5.74, 6) is 0.583. The molecule has 0 fully saturated rings. The van der Waals surface area contributed by atoms with Gasteiger partial charge in [-0.05, 0) is 36.3 Å². The molecule has 0 N–H and O–H groups in total. The van der Waals surface area contributed by atoms with Gasteiger partial charge in [-0.3, -0.25) is 4.79 Å². The second kappa shape index (κ2) is 5.85. The second-order valence-electron chi connectivity index (χ2n) is 5.42. The molecule has 6 heteroatoms. The fraction of sp³-hybridized carbons (Fsp3) is 0.0556. The quantitative estimate of drug-likeness (QED) is 0.555. The molecule has 0 aliphatic carbocycles. The Morgan fingerprint density at radius 1 is 1.08 bits per heavy atom. The monoisotopic (exact) mass is 353 g/mol. The first kappa shape index (κ1) is 15.1. The number of rotatable bonds is 2. The van der Waals surface area contributed by atoms with E-state index in [1.54, 1.807) is 16.5 Å². The van der Waals surface area contributed by atoms with E-state index < -0.39 is 0 Å². The highest BCUT2D eigenvalue weighted by Crippen LogP contribution is 2.21. The van der Waals surface area contributed by atoms with Gasteiger partial charge in [-0.15, -0.1) is 10.2 Å². The van der Waals surface area contributed by atoms with Gasteiger partial charge in [0, 0.05) is 10.6 Å². The summed E-state index contributed by atoms with van der Waals surface area (Å²) >= 11 is 7.23. The Morgan fingerprint density at radius 2 is 1.83 bits per heavy atom. The van der Waals surface area contributed by atoms with Crippen molar-refractivity contribution in [2.75, 3.05) is 0 Å². The highest BCUT2D eigenvalue weighted by Gasteiger charge is 2.15. The van der Waals surface area contributed by atoms with E-state index >= 15 is 0 Å². The third kappa shape index (κ3) is 2.52. The number of thiazole rings is 1. The van der Waals surface area contributed by atoms with Crippen molar-refractivity contribution < 1.29 is 0 Å². The molecule has 0 saturated heterocycles. The molecule has 0 amide bonds. The Labute approximate surface area is 146 Å². The van der Waals surface area contributed by atoms with Crippen LogP contribution in [0, 0.1) is 6.92 Å². The Balaban J connectivity index is 1.93. The number of hydrogen-bond donors (Lipinski definition) is 0. The zero-order valence-electron chi connectivity index (χ0n) is 12.7. The number of aromatic nitrogens is 3. The lowest BCUT2D eigenvalue weighted by Gasteiger charge is -2.00. The van der Waals surface area contributed by atoms with Gasteiger partial charge in [0.1, 0.15) is 0 Å². The summed E-state index contributed by atoms with van der Waals surface area (Å²) < 4.78 is 2.20. The Bertz CT molecular complexity index is 1150. The predicted octanol–water partition coefficient (Wildman–Crippen LogP) is 3.33. The molecule has 0 bridgehead atoms. The smallest absolute Gasteiger partial charge is 0.267 e. The molecule has 0 radical (unpaired) electrons. The van der Waals surface area contributed by atoms with Crippen LogP contribution in [0.2, 0.25) is 5.02 Å². The van der Waals surface area contributed by atoms with Crippen molar-refractivity contribution in [3.05, 3.63) is 79.6 Å². The van der Waals surface area contributed by atoms with E-state index in [1.807, 2.05) is 49.4 Å². The van der Waals surface area contributed by atoms with Crippen LogP contribution in [-0.4, -0.2) is 14.6 Å². The predicted molar refractivity (Wildman–Crippen MR) is 97.5 cm³/mol. The number of aryl methyl sites for hydroxylation is 1. The highest BCUT2D eigenvalue weighted by molar-refractivity contribution is 7.15. The Morgan fingerprint density at radius 3 is 2.58 bits per heavy atom. The Hall–Kier alpha value is -2.50. The SMILES string of the molecule is Cc1ccccc1-c1nnc2s/c(=C/c3ccc(Cl)cc3)c(=O)n12. The van der Waals surface area contributed by atoms with Crippen molar-refractivity contribution in [2.45, 2.75) is 6.92 Å². The van der Waals surface area contributed by atoms with Gasteiger partial charge in [-0.25, -0.2) is 4.40 Å². The van der Waals surface area contributed by atoms with Crippen LogP contribution < -0.4 is 10.1 Å². The molecule has 0 atom stereocenters. The maximum atomic E-state index is 12.8. The first-order valence-electron chi connectivity index (χ1n) is 7.35. The third-order valence-electron chi connectivity index (χ3n) is 3.80. The van der Waals surface area contributed by atoms with Crippen LogP contribution in [0.4, 0.5) is 0 Å². The van der Waals surface area contributed by atoms with Gasteiger partial charge in [-0.1, -0.05) is 59.3 Å². The average molecular weight is 354 g/mol.